The van der Waals surface area contributed by atoms with Crippen molar-refractivity contribution in [1.82, 2.24) is 0 Å². The largest absolute Gasteiger partial charge is 0.478 e. The van der Waals surface area contributed by atoms with Gasteiger partial charge in [0.25, 0.3) is 0 Å². The molecule has 0 saturated heterocycles. The Labute approximate surface area is 131 Å². The third-order valence-corrected chi connectivity index (χ3v) is 3.70. The van der Waals surface area contributed by atoms with Crippen LogP contribution >= 0.6 is 0 Å². The van der Waals surface area contributed by atoms with Gasteiger partial charge in [-0.2, -0.15) is 0 Å². The lowest BCUT2D eigenvalue weighted by Crippen LogP contribution is -2.10. The zero-order chi connectivity index (χ0) is 16.3. The molecule has 0 heterocycles. The number of carboxylic acid groups (broad SMARTS) is 1. The first-order chi connectivity index (χ1) is 10.4. The predicted octanol–water partition coefficient (Wildman–Crippen LogP) is 3.68. The SMILES string of the molecule is Cc1cc(N(C)C)cc(C)c1NCc1ccc(C(=O)O)cc1. The summed E-state index contributed by atoms with van der Waals surface area (Å²) >= 11 is 0. The van der Waals surface area contributed by atoms with Crippen LogP contribution < -0.4 is 10.2 Å². The maximum absolute atomic E-state index is 10.8. The summed E-state index contributed by atoms with van der Waals surface area (Å²) in [4.78, 5) is 12.9. The molecule has 0 fully saturated rings. The number of nitrogens with zero attached hydrogens (tertiary/aromatic N) is 1. The first kappa shape index (κ1) is 15.9. The molecule has 4 heteroatoms. The first-order valence-electron chi connectivity index (χ1n) is 7.23. The van der Waals surface area contributed by atoms with Crippen LogP contribution in [0.2, 0.25) is 0 Å². The Morgan fingerprint density at radius 1 is 1.09 bits per heavy atom. The average molecular weight is 298 g/mol. The Hall–Kier alpha value is -2.49. The standard InChI is InChI=1S/C18H22N2O2/c1-12-9-16(20(3)4)10-13(2)17(12)19-11-14-5-7-15(8-6-14)18(21)22/h5-10,19H,11H2,1-4H3,(H,21,22). The van der Waals surface area contributed by atoms with E-state index in [0.29, 0.717) is 12.1 Å². The predicted molar refractivity (Wildman–Crippen MR) is 91.0 cm³/mol. The topological polar surface area (TPSA) is 52.6 Å². The molecule has 0 aromatic heterocycles. The summed E-state index contributed by atoms with van der Waals surface area (Å²) in [7, 11) is 4.07. The minimum absolute atomic E-state index is 0.312. The van der Waals surface area contributed by atoms with Gasteiger partial charge in [0.05, 0.1) is 5.56 Å². The number of benzene rings is 2. The van der Waals surface area contributed by atoms with Crippen molar-refractivity contribution < 1.29 is 9.90 Å². The molecular formula is C18H22N2O2. The highest BCUT2D eigenvalue weighted by atomic mass is 16.4. The van der Waals surface area contributed by atoms with E-state index in [1.807, 2.05) is 26.2 Å². The first-order valence-corrected chi connectivity index (χ1v) is 7.23. The number of hydrogen-bond donors (Lipinski definition) is 2. The van der Waals surface area contributed by atoms with Gasteiger partial charge in [-0.3, -0.25) is 0 Å². The highest BCUT2D eigenvalue weighted by Crippen LogP contribution is 2.26. The van der Waals surface area contributed by atoms with Gasteiger partial charge in [0, 0.05) is 32.0 Å². The number of carboxylic acids is 1. The Morgan fingerprint density at radius 2 is 1.64 bits per heavy atom. The van der Waals surface area contributed by atoms with Gasteiger partial charge >= 0.3 is 5.97 Å². The normalized spacial score (nSPS) is 10.4. The Kier molecular flexibility index (Phi) is 4.71. The number of hydrogen-bond acceptors (Lipinski definition) is 3. The summed E-state index contributed by atoms with van der Waals surface area (Å²) in [6.45, 7) is 4.86. The van der Waals surface area contributed by atoms with Gasteiger partial charge in [-0.05, 0) is 54.8 Å². The fourth-order valence-corrected chi connectivity index (χ4v) is 2.43. The van der Waals surface area contributed by atoms with Crippen molar-refractivity contribution in [2.45, 2.75) is 20.4 Å². The van der Waals surface area contributed by atoms with Crippen molar-refractivity contribution >= 4 is 17.3 Å². The lowest BCUT2D eigenvalue weighted by molar-refractivity contribution is 0.0697. The minimum Gasteiger partial charge on any atom is -0.478 e. The zero-order valence-electron chi connectivity index (χ0n) is 13.5. The van der Waals surface area contributed by atoms with Crippen LogP contribution in [0.4, 0.5) is 11.4 Å². The fourth-order valence-electron chi connectivity index (χ4n) is 2.43. The lowest BCUT2D eigenvalue weighted by atomic mass is 10.1. The van der Waals surface area contributed by atoms with Gasteiger partial charge < -0.3 is 15.3 Å². The van der Waals surface area contributed by atoms with Crippen LogP contribution in [0.15, 0.2) is 36.4 Å². The molecule has 2 aromatic carbocycles. The molecule has 0 amide bonds. The number of anilines is 2. The number of aryl methyl sites for hydroxylation is 2. The summed E-state index contributed by atoms with van der Waals surface area (Å²) in [6.07, 6.45) is 0. The summed E-state index contributed by atoms with van der Waals surface area (Å²) in [5.74, 6) is -0.898. The van der Waals surface area contributed by atoms with Crippen LogP contribution in [-0.4, -0.2) is 25.2 Å². The molecule has 2 N–H and O–H groups in total. The second-order valence-corrected chi connectivity index (χ2v) is 5.70. The average Bonchev–Trinajstić information content (AvgIpc) is 2.46. The van der Waals surface area contributed by atoms with Gasteiger partial charge in [0.1, 0.15) is 0 Å². The number of carbonyl (C=O) groups is 1. The Balaban J connectivity index is 2.13. The van der Waals surface area contributed by atoms with E-state index in [1.165, 1.54) is 16.8 Å². The summed E-state index contributed by atoms with van der Waals surface area (Å²) < 4.78 is 0. The van der Waals surface area contributed by atoms with Gasteiger partial charge in [0.15, 0.2) is 0 Å². The van der Waals surface area contributed by atoms with Crippen LogP contribution in [0.5, 0.6) is 0 Å². The van der Waals surface area contributed by atoms with Crippen molar-refractivity contribution in [2.75, 3.05) is 24.3 Å². The van der Waals surface area contributed by atoms with E-state index in [1.54, 1.807) is 12.1 Å². The third kappa shape index (κ3) is 3.58. The number of nitrogens with one attached hydrogen (secondary N) is 1. The van der Waals surface area contributed by atoms with Crippen LogP contribution in [0.3, 0.4) is 0 Å². The van der Waals surface area contributed by atoms with Gasteiger partial charge in [-0.15, -0.1) is 0 Å². The van der Waals surface area contributed by atoms with Gasteiger partial charge in [-0.1, -0.05) is 12.1 Å². The molecule has 116 valence electrons. The van der Waals surface area contributed by atoms with Crippen LogP contribution in [0.25, 0.3) is 0 Å². The highest BCUT2D eigenvalue weighted by molar-refractivity contribution is 5.87. The molecule has 0 aliphatic heterocycles. The van der Waals surface area contributed by atoms with Crippen LogP contribution in [0, 0.1) is 13.8 Å². The van der Waals surface area contributed by atoms with Crippen LogP contribution in [0.1, 0.15) is 27.0 Å². The smallest absolute Gasteiger partial charge is 0.335 e. The monoisotopic (exact) mass is 298 g/mol. The van der Waals surface area contributed by atoms with Crippen molar-refractivity contribution in [1.29, 1.82) is 0 Å². The lowest BCUT2D eigenvalue weighted by Gasteiger charge is -2.19. The molecule has 4 nitrogen and oxygen atoms in total. The molecule has 0 bridgehead atoms. The highest BCUT2D eigenvalue weighted by Gasteiger charge is 2.07. The maximum Gasteiger partial charge on any atom is 0.335 e. The van der Waals surface area contributed by atoms with Crippen LogP contribution in [-0.2, 0) is 6.54 Å². The Morgan fingerprint density at radius 3 is 2.09 bits per heavy atom. The van der Waals surface area contributed by atoms with E-state index in [0.717, 1.165) is 11.3 Å². The molecule has 2 rings (SSSR count). The summed E-state index contributed by atoms with van der Waals surface area (Å²) in [6, 6.07) is 11.3. The number of aromatic carboxylic acids is 1. The van der Waals surface area contributed by atoms with Crippen molar-refractivity contribution in [2.24, 2.45) is 0 Å². The maximum atomic E-state index is 10.8. The fraction of sp³-hybridized carbons (Fsp3) is 0.278. The van der Waals surface area contributed by atoms with Crippen molar-refractivity contribution in [3.05, 3.63) is 58.7 Å². The molecule has 0 aliphatic rings. The summed E-state index contributed by atoms with van der Waals surface area (Å²) in [5.41, 5.74) is 6.09. The zero-order valence-corrected chi connectivity index (χ0v) is 13.5. The quantitative estimate of drug-likeness (QED) is 0.884. The van der Waals surface area contributed by atoms with E-state index in [2.05, 4.69) is 36.2 Å². The van der Waals surface area contributed by atoms with E-state index in [9.17, 15) is 4.79 Å². The molecule has 0 radical (unpaired) electrons. The minimum atomic E-state index is -0.898. The molecule has 22 heavy (non-hydrogen) atoms. The molecule has 0 unspecified atom stereocenters. The van der Waals surface area contributed by atoms with E-state index >= 15 is 0 Å². The molecule has 0 spiro atoms. The summed E-state index contributed by atoms with van der Waals surface area (Å²) in [5, 5.41) is 12.4. The molecule has 0 aliphatic carbocycles. The Bertz CT molecular complexity index is 653. The second-order valence-electron chi connectivity index (χ2n) is 5.70. The van der Waals surface area contributed by atoms with Gasteiger partial charge in [-0.25, -0.2) is 4.79 Å². The molecule has 0 atom stereocenters. The molecule has 2 aromatic rings. The van der Waals surface area contributed by atoms with Crippen molar-refractivity contribution in [3.63, 3.8) is 0 Å². The molecule has 0 saturated carbocycles. The van der Waals surface area contributed by atoms with E-state index < -0.39 is 5.97 Å². The van der Waals surface area contributed by atoms with Gasteiger partial charge in [0.2, 0.25) is 0 Å². The third-order valence-electron chi connectivity index (χ3n) is 3.70. The number of rotatable bonds is 5. The van der Waals surface area contributed by atoms with Crippen molar-refractivity contribution in [3.8, 4) is 0 Å². The van der Waals surface area contributed by atoms with E-state index in [-0.39, 0.29) is 0 Å². The second kappa shape index (κ2) is 6.52. The molecular weight excluding hydrogens is 276 g/mol. The van der Waals surface area contributed by atoms with E-state index in [4.69, 9.17) is 5.11 Å².